The van der Waals surface area contributed by atoms with Crippen molar-refractivity contribution in [1.29, 1.82) is 0 Å². The number of rotatable bonds is 12. The van der Waals surface area contributed by atoms with Gasteiger partial charge < -0.3 is 45.8 Å². The highest BCUT2D eigenvalue weighted by atomic mass is 32.2. The minimum absolute atomic E-state index is 0.0807. The molecule has 0 bridgehead atoms. The monoisotopic (exact) mass is 766 g/mol. The molecule has 16 nitrogen and oxygen atoms in total. The lowest BCUT2D eigenvalue weighted by molar-refractivity contribution is -0.163. The van der Waals surface area contributed by atoms with Crippen molar-refractivity contribution in [3.05, 3.63) is 21.2 Å². The summed E-state index contributed by atoms with van der Waals surface area (Å²) in [5.41, 5.74) is -0.517. The first-order chi connectivity index (χ1) is 24.3. The van der Waals surface area contributed by atoms with Gasteiger partial charge in [-0.15, -0.1) is 23.5 Å². The predicted octanol–water partition coefficient (Wildman–Crippen LogP) is -0.616. The number of hydrogen-bond acceptors (Lipinski definition) is 12. The summed E-state index contributed by atoms with van der Waals surface area (Å²) in [6.45, 7) is 7.01. The number of carbonyl (C=O) groups excluding carboxylic acids is 4. The maximum absolute atomic E-state index is 15.1. The summed E-state index contributed by atoms with van der Waals surface area (Å²) in [5, 5.41) is 48.5. The van der Waals surface area contributed by atoms with E-state index in [0.29, 0.717) is 30.8 Å². The Bertz CT molecular complexity index is 1580. The Morgan fingerprint density at radius 2 is 1.29 bits per heavy atom. The van der Waals surface area contributed by atoms with Crippen LogP contribution < -0.4 is 10.6 Å². The molecule has 0 unspecified atom stereocenters. The van der Waals surface area contributed by atoms with E-state index in [1.165, 1.54) is 52.1 Å². The molecule has 0 radical (unpaired) electrons. The SMILES string of the molecule is C[C@@H](O)[C@@H](C(=O)O)[C@H]1[C@@H](C)C(S[C@@H]2CN[C@H](C(=O)N(C)C)C2)=C(C(=O)O)N1C(=O)C1=C(S[C@@H]2CN[C@H](C(=O)N(C)C)C2)[C@H](C)[C@@H]2[C@@H]([C@@H](C)O)C(=O)N12. The molecule has 12 atom stereocenters. The van der Waals surface area contributed by atoms with Crippen molar-refractivity contribution in [2.75, 3.05) is 41.3 Å². The molecule has 6 N–H and O–H groups in total. The third-order valence-corrected chi connectivity index (χ3v) is 13.9. The number of thioether (sulfide) groups is 2. The van der Waals surface area contributed by atoms with Crippen molar-refractivity contribution < 1.29 is 49.2 Å². The van der Waals surface area contributed by atoms with Gasteiger partial charge in [-0.05, 0) is 26.7 Å². The van der Waals surface area contributed by atoms with Gasteiger partial charge in [-0.3, -0.25) is 28.9 Å². The van der Waals surface area contributed by atoms with Crippen LogP contribution in [0.25, 0.3) is 0 Å². The number of aliphatic hydroxyl groups is 2. The molecule has 0 spiro atoms. The number of aliphatic carboxylic acids is 2. The van der Waals surface area contributed by atoms with Crippen LogP contribution in [-0.2, 0) is 28.8 Å². The van der Waals surface area contributed by atoms with Crippen LogP contribution in [0.15, 0.2) is 21.2 Å². The molecule has 5 rings (SSSR count). The number of carboxylic acid groups (broad SMARTS) is 2. The number of nitrogens with zero attached hydrogens (tertiary/aromatic N) is 4. The number of fused-ring (bicyclic) bond motifs is 1. The Morgan fingerprint density at radius 3 is 1.69 bits per heavy atom. The lowest BCUT2D eigenvalue weighted by Crippen LogP contribution is -2.64. The lowest BCUT2D eigenvalue weighted by Gasteiger charge is -2.47. The average Bonchev–Trinajstić information content (AvgIpc) is 3.82. The first kappa shape index (κ1) is 40.0. The summed E-state index contributed by atoms with van der Waals surface area (Å²) in [7, 11) is 6.59. The molecule has 5 heterocycles. The van der Waals surface area contributed by atoms with Gasteiger partial charge in [0, 0.05) is 73.4 Å². The molecule has 3 saturated heterocycles. The Hall–Kier alpha value is -3.16. The number of carboxylic acids is 2. The van der Waals surface area contributed by atoms with Crippen molar-refractivity contribution >= 4 is 59.1 Å². The molecule has 0 aromatic carbocycles. The summed E-state index contributed by atoms with van der Waals surface area (Å²) in [6.07, 6.45) is -1.73. The fraction of sp³-hybridized carbons (Fsp3) is 0.706. The van der Waals surface area contributed by atoms with E-state index < -0.39 is 89.5 Å². The predicted molar refractivity (Wildman–Crippen MR) is 192 cm³/mol. The Labute approximate surface area is 311 Å². The van der Waals surface area contributed by atoms with Crippen LogP contribution in [0.4, 0.5) is 0 Å². The fourth-order valence-electron chi connectivity index (χ4n) is 8.32. The molecular weight excluding hydrogens is 717 g/mol. The highest BCUT2D eigenvalue weighted by molar-refractivity contribution is 8.04. The zero-order valence-corrected chi connectivity index (χ0v) is 32.2. The van der Waals surface area contributed by atoms with Gasteiger partial charge in [-0.2, -0.15) is 0 Å². The summed E-state index contributed by atoms with van der Waals surface area (Å²) in [6, 6.07) is -2.92. The minimum Gasteiger partial charge on any atom is -0.481 e. The first-order valence-corrected chi connectivity index (χ1v) is 19.2. The molecule has 5 aliphatic heterocycles. The first-order valence-electron chi connectivity index (χ1n) is 17.5. The van der Waals surface area contributed by atoms with Gasteiger partial charge in [0.1, 0.15) is 17.3 Å². The molecule has 18 heteroatoms. The second-order valence-corrected chi connectivity index (χ2v) is 17.6. The van der Waals surface area contributed by atoms with E-state index in [1.54, 1.807) is 35.1 Å². The Kier molecular flexibility index (Phi) is 11.8. The van der Waals surface area contributed by atoms with Crippen LogP contribution in [0.5, 0.6) is 0 Å². The molecule has 4 amide bonds. The summed E-state index contributed by atoms with van der Waals surface area (Å²) >= 11 is 2.50. The number of nitrogens with one attached hydrogen (secondary N) is 2. The number of carbonyl (C=O) groups is 6. The maximum atomic E-state index is 15.1. The molecular formula is C34H50N6O10S2. The van der Waals surface area contributed by atoms with Gasteiger partial charge in [0.05, 0.1) is 42.3 Å². The largest absolute Gasteiger partial charge is 0.481 e. The van der Waals surface area contributed by atoms with Gasteiger partial charge in [-0.1, -0.05) is 13.8 Å². The normalized spacial score (nSPS) is 33.2. The maximum Gasteiger partial charge on any atom is 0.353 e. The zero-order valence-electron chi connectivity index (χ0n) is 30.6. The minimum atomic E-state index is -1.60. The molecule has 288 valence electrons. The van der Waals surface area contributed by atoms with E-state index >= 15 is 4.79 Å². The van der Waals surface area contributed by atoms with E-state index in [2.05, 4.69) is 10.6 Å². The number of amides is 4. The molecule has 0 aliphatic carbocycles. The second-order valence-electron chi connectivity index (χ2n) is 14.9. The smallest absolute Gasteiger partial charge is 0.353 e. The number of hydrogen-bond donors (Lipinski definition) is 6. The summed E-state index contributed by atoms with van der Waals surface area (Å²) in [5.74, 6) is -8.27. The van der Waals surface area contributed by atoms with Crippen LogP contribution in [0.1, 0.15) is 40.5 Å². The van der Waals surface area contributed by atoms with Gasteiger partial charge in [0.15, 0.2) is 0 Å². The van der Waals surface area contributed by atoms with E-state index in [1.807, 2.05) is 6.92 Å². The highest BCUT2D eigenvalue weighted by Gasteiger charge is 2.62. The second kappa shape index (κ2) is 15.3. The number of β-lactam (4-membered cyclic amide) rings is 1. The van der Waals surface area contributed by atoms with E-state index in [4.69, 9.17) is 0 Å². The van der Waals surface area contributed by atoms with Crippen molar-refractivity contribution in [3.63, 3.8) is 0 Å². The lowest BCUT2D eigenvalue weighted by atomic mass is 9.79. The molecule has 5 aliphatic rings. The third-order valence-electron chi connectivity index (χ3n) is 10.8. The van der Waals surface area contributed by atoms with Crippen molar-refractivity contribution in [3.8, 4) is 0 Å². The van der Waals surface area contributed by atoms with Crippen LogP contribution in [-0.4, -0.2) is 164 Å². The fourth-order valence-corrected chi connectivity index (χ4v) is 11.3. The van der Waals surface area contributed by atoms with Gasteiger partial charge in [0.2, 0.25) is 17.7 Å². The van der Waals surface area contributed by atoms with Crippen molar-refractivity contribution in [2.45, 2.75) is 87.4 Å². The van der Waals surface area contributed by atoms with Crippen molar-refractivity contribution in [1.82, 2.24) is 30.2 Å². The van der Waals surface area contributed by atoms with Gasteiger partial charge >= 0.3 is 11.9 Å². The number of aliphatic hydroxyl groups excluding tert-OH is 2. The molecule has 3 fully saturated rings. The van der Waals surface area contributed by atoms with Gasteiger partial charge in [0.25, 0.3) is 5.91 Å². The third kappa shape index (κ3) is 6.97. The van der Waals surface area contributed by atoms with Crippen LogP contribution in [0, 0.1) is 23.7 Å². The molecule has 52 heavy (non-hydrogen) atoms. The van der Waals surface area contributed by atoms with Crippen LogP contribution in [0.2, 0.25) is 0 Å². The van der Waals surface area contributed by atoms with Gasteiger partial charge in [-0.25, -0.2) is 4.79 Å². The molecule has 0 saturated carbocycles. The Balaban J connectivity index is 1.60. The topological polar surface area (TPSA) is 220 Å². The Morgan fingerprint density at radius 1 is 0.808 bits per heavy atom. The summed E-state index contributed by atoms with van der Waals surface area (Å²) in [4.78, 5) is 86.2. The van der Waals surface area contributed by atoms with E-state index in [0.717, 1.165) is 4.90 Å². The quantitative estimate of drug-likeness (QED) is 0.137. The molecule has 0 aromatic heterocycles. The highest BCUT2D eigenvalue weighted by Crippen LogP contribution is 2.54. The average molecular weight is 767 g/mol. The van der Waals surface area contributed by atoms with Crippen molar-refractivity contribution in [2.24, 2.45) is 23.7 Å². The van der Waals surface area contributed by atoms with Crippen LogP contribution >= 0.6 is 23.5 Å². The standard InChI is InChI=1S/C34H50N6O10S2/c1-13-23-21(15(3)41)31(45)39(23)25(27(13)51-17-9-19(35-11-17)29(43)37(5)6)32(46)40-24(22(16(4)42)33(47)48)14(2)28(26(40)34(49)50)52-18-10-20(36-12-18)30(44)38(7)8/h13-24,35-36,41-42H,9-12H2,1-8H3,(H,47,48)(H,49,50)/t13-,14-,15-,16-,17+,18+,19+,20+,21-,22-,23-,24-/m1/s1. The van der Waals surface area contributed by atoms with E-state index in [9.17, 15) is 44.4 Å². The zero-order chi connectivity index (χ0) is 38.7. The number of likely N-dealkylation sites (N-methyl/N-ethyl adjacent to an activating group) is 2. The summed E-state index contributed by atoms with van der Waals surface area (Å²) < 4.78 is 0. The molecule has 0 aromatic rings. The van der Waals surface area contributed by atoms with E-state index in [-0.39, 0.29) is 32.9 Å². The van der Waals surface area contributed by atoms with Crippen LogP contribution in [0.3, 0.4) is 0 Å².